The van der Waals surface area contributed by atoms with Crippen LogP contribution in [0.3, 0.4) is 0 Å². The first-order valence-corrected chi connectivity index (χ1v) is 9.09. The lowest BCUT2D eigenvalue weighted by molar-refractivity contribution is -0.122. The van der Waals surface area contributed by atoms with Crippen molar-refractivity contribution in [1.29, 1.82) is 0 Å². The second-order valence-corrected chi connectivity index (χ2v) is 6.83. The molecular weight excluding hydrogens is 270 g/mol. The van der Waals surface area contributed by atoms with Gasteiger partial charge < -0.3 is 5.73 Å². The van der Waals surface area contributed by atoms with Gasteiger partial charge in [0.25, 0.3) is 0 Å². The van der Waals surface area contributed by atoms with E-state index in [9.17, 15) is 4.79 Å². The number of nitrogens with two attached hydrogens (primary N) is 1. The molecule has 2 nitrogen and oxygen atoms in total. The zero-order chi connectivity index (χ0) is 15.8. The Labute approximate surface area is 135 Å². The van der Waals surface area contributed by atoms with Crippen LogP contribution in [0.4, 0.5) is 0 Å². The third-order valence-corrected chi connectivity index (χ3v) is 5.12. The van der Waals surface area contributed by atoms with Crippen molar-refractivity contribution in [2.24, 2.45) is 11.7 Å². The minimum atomic E-state index is -0.0986. The van der Waals surface area contributed by atoms with Gasteiger partial charge in [-0.15, -0.1) is 0 Å². The van der Waals surface area contributed by atoms with Crippen LogP contribution in [0.25, 0.3) is 0 Å². The molecule has 0 saturated heterocycles. The molecule has 2 atom stereocenters. The number of benzene rings is 1. The van der Waals surface area contributed by atoms with Crippen molar-refractivity contribution in [2.45, 2.75) is 77.0 Å². The predicted octanol–water partition coefficient (Wildman–Crippen LogP) is 4.96. The maximum Gasteiger partial charge on any atom is 0.220 e. The third kappa shape index (κ3) is 4.86. The SMILES string of the molecule is CCCCCCCC(CC1CCCc2ccccc21)C(N)=O. The van der Waals surface area contributed by atoms with Crippen LogP contribution in [-0.4, -0.2) is 5.91 Å². The summed E-state index contributed by atoms with van der Waals surface area (Å²) in [6, 6.07) is 8.74. The number of aryl methyl sites for hydroxylation is 1. The van der Waals surface area contributed by atoms with Gasteiger partial charge in [0.2, 0.25) is 5.91 Å². The molecule has 1 aromatic rings. The molecule has 0 radical (unpaired) electrons. The fraction of sp³-hybridized carbons (Fsp3) is 0.650. The molecule has 2 unspecified atom stereocenters. The monoisotopic (exact) mass is 301 g/mol. The summed E-state index contributed by atoms with van der Waals surface area (Å²) in [6.45, 7) is 2.23. The third-order valence-electron chi connectivity index (χ3n) is 5.12. The quantitative estimate of drug-likeness (QED) is 0.644. The molecule has 0 fully saturated rings. The molecule has 22 heavy (non-hydrogen) atoms. The van der Waals surface area contributed by atoms with Gasteiger partial charge in [0, 0.05) is 5.92 Å². The van der Waals surface area contributed by atoms with Gasteiger partial charge in [0.15, 0.2) is 0 Å². The molecule has 2 heteroatoms. The highest BCUT2D eigenvalue weighted by Crippen LogP contribution is 2.36. The molecule has 0 aromatic heterocycles. The van der Waals surface area contributed by atoms with Crippen molar-refractivity contribution >= 4 is 5.91 Å². The molecule has 2 N–H and O–H groups in total. The zero-order valence-electron chi connectivity index (χ0n) is 14.0. The molecular formula is C20H31NO. The molecule has 1 aliphatic rings. The Morgan fingerprint density at radius 2 is 2.00 bits per heavy atom. The Kier molecular flexibility index (Phi) is 6.95. The number of rotatable bonds is 9. The highest BCUT2D eigenvalue weighted by atomic mass is 16.1. The summed E-state index contributed by atoms with van der Waals surface area (Å²) in [5, 5.41) is 0. The molecule has 0 bridgehead atoms. The van der Waals surface area contributed by atoms with Gasteiger partial charge in [-0.05, 0) is 49.1 Å². The molecule has 0 saturated carbocycles. The Morgan fingerprint density at radius 3 is 2.77 bits per heavy atom. The number of hydrogen-bond acceptors (Lipinski definition) is 1. The van der Waals surface area contributed by atoms with E-state index in [0.29, 0.717) is 5.92 Å². The predicted molar refractivity (Wildman–Crippen MR) is 92.8 cm³/mol. The summed E-state index contributed by atoms with van der Waals surface area (Å²) in [4.78, 5) is 11.8. The maximum atomic E-state index is 11.8. The smallest absolute Gasteiger partial charge is 0.220 e. The van der Waals surface area contributed by atoms with E-state index in [0.717, 1.165) is 19.3 Å². The molecule has 2 rings (SSSR count). The number of unbranched alkanes of at least 4 members (excludes halogenated alkanes) is 4. The van der Waals surface area contributed by atoms with Crippen LogP contribution in [0, 0.1) is 5.92 Å². The number of primary amides is 1. The average molecular weight is 301 g/mol. The lowest BCUT2D eigenvalue weighted by Gasteiger charge is -2.28. The molecule has 1 aromatic carbocycles. The van der Waals surface area contributed by atoms with E-state index in [2.05, 4.69) is 31.2 Å². The Bertz CT molecular complexity index is 469. The van der Waals surface area contributed by atoms with E-state index in [-0.39, 0.29) is 11.8 Å². The van der Waals surface area contributed by atoms with Crippen LogP contribution in [0.2, 0.25) is 0 Å². The van der Waals surface area contributed by atoms with Gasteiger partial charge in [0.1, 0.15) is 0 Å². The lowest BCUT2D eigenvalue weighted by Crippen LogP contribution is -2.26. The van der Waals surface area contributed by atoms with Crippen LogP contribution in [0.15, 0.2) is 24.3 Å². The molecule has 122 valence electrons. The van der Waals surface area contributed by atoms with E-state index in [1.54, 1.807) is 0 Å². The summed E-state index contributed by atoms with van der Waals surface area (Å²) in [7, 11) is 0. The minimum Gasteiger partial charge on any atom is -0.369 e. The van der Waals surface area contributed by atoms with Gasteiger partial charge in [-0.2, -0.15) is 0 Å². The fourth-order valence-corrected chi connectivity index (χ4v) is 3.81. The van der Waals surface area contributed by atoms with Crippen LogP contribution < -0.4 is 5.73 Å². The van der Waals surface area contributed by atoms with Crippen molar-refractivity contribution in [1.82, 2.24) is 0 Å². The number of fused-ring (bicyclic) bond motifs is 1. The summed E-state index contributed by atoms with van der Waals surface area (Å²) >= 11 is 0. The van der Waals surface area contributed by atoms with Gasteiger partial charge >= 0.3 is 0 Å². The normalized spacial score (nSPS) is 18.7. The highest BCUT2D eigenvalue weighted by molar-refractivity contribution is 5.76. The molecule has 1 aliphatic carbocycles. The Hall–Kier alpha value is -1.31. The van der Waals surface area contributed by atoms with Crippen LogP contribution in [0.5, 0.6) is 0 Å². The average Bonchev–Trinajstić information content (AvgIpc) is 2.53. The van der Waals surface area contributed by atoms with E-state index in [1.165, 1.54) is 56.1 Å². The second-order valence-electron chi connectivity index (χ2n) is 6.83. The standard InChI is InChI=1S/C20H31NO/c1-2-3-4-5-6-11-18(20(21)22)15-17-13-9-12-16-10-7-8-14-19(16)17/h7-8,10,14,17-18H,2-6,9,11-13,15H2,1H3,(H2,21,22). The second kappa shape index (κ2) is 8.97. The van der Waals surface area contributed by atoms with Crippen LogP contribution in [0.1, 0.15) is 81.8 Å². The van der Waals surface area contributed by atoms with Gasteiger partial charge in [-0.25, -0.2) is 0 Å². The topological polar surface area (TPSA) is 43.1 Å². The van der Waals surface area contributed by atoms with E-state index in [1.807, 2.05) is 0 Å². The Balaban J connectivity index is 1.90. The van der Waals surface area contributed by atoms with Crippen molar-refractivity contribution in [3.63, 3.8) is 0 Å². The lowest BCUT2D eigenvalue weighted by atomic mass is 9.77. The van der Waals surface area contributed by atoms with Gasteiger partial charge in [0.05, 0.1) is 0 Å². The zero-order valence-corrected chi connectivity index (χ0v) is 14.0. The molecule has 1 amide bonds. The largest absolute Gasteiger partial charge is 0.369 e. The van der Waals surface area contributed by atoms with Crippen molar-refractivity contribution in [3.8, 4) is 0 Å². The van der Waals surface area contributed by atoms with Gasteiger partial charge in [-0.3, -0.25) is 4.79 Å². The molecule has 0 spiro atoms. The maximum absolute atomic E-state index is 11.8. The van der Waals surface area contributed by atoms with E-state index < -0.39 is 0 Å². The van der Waals surface area contributed by atoms with E-state index >= 15 is 0 Å². The summed E-state index contributed by atoms with van der Waals surface area (Å²) < 4.78 is 0. The Morgan fingerprint density at radius 1 is 1.23 bits per heavy atom. The number of carbonyl (C=O) groups excluding carboxylic acids is 1. The van der Waals surface area contributed by atoms with Gasteiger partial charge in [-0.1, -0.05) is 63.3 Å². The first-order chi connectivity index (χ1) is 10.7. The van der Waals surface area contributed by atoms with Crippen LogP contribution >= 0.6 is 0 Å². The first-order valence-electron chi connectivity index (χ1n) is 9.09. The summed E-state index contributed by atoms with van der Waals surface area (Å²) in [6.07, 6.45) is 11.8. The van der Waals surface area contributed by atoms with Crippen molar-refractivity contribution < 1.29 is 4.79 Å². The highest BCUT2D eigenvalue weighted by Gasteiger charge is 2.25. The molecule has 0 heterocycles. The summed E-state index contributed by atoms with van der Waals surface area (Å²) in [5.74, 6) is 0.481. The van der Waals surface area contributed by atoms with E-state index in [4.69, 9.17) is 5.73 Å². The fourth-order valence-electron chi connectivity index (χ4n) is 3.81. The number of amides is 1. The summed E-state index contributed by atoms with van der Waals surface area (Å²) in [5.41, 5.74) is 8.62. The molecule has 0 aliphatic heterocycles. The minimum absolute atomic E-state index is 0.0535. The van der Waals surface area contributed by atoms with Crippen molar-refractivity contribution in [2.75, 3.05) is 0 Å². The van der Waals surface area contributed by atoms with Crippen molar-refractivity contribution in [3.05, 3.63) is 35.4 Å². The first kappa shape index (κ1) is 17.1. The number of carbonyl (C=O) groups is 1. The van der Waals surface area contributed by atoms with Crippen LogP contribution in [-0.2, 0) is 11.2 Å². The number of hydrogen-bond donors (Lipinski definition) is 1.